The smallest absolute Gasteiger partial charge is 0.212 e. The van der Waals surface area contributed by atoms with Gasteiger partial charge < -0.3 is 4.74 Å². The highest BCUT2D eigenvalue weighted by atomic mass is 19.1. The number of nitrogens with zero attached hydrogens (tertiary/aromatic N) is 4. The van der Waals surface area contributed by atoms with E-state index in [4.69, 9.17) is 4.74 Å². The first-order valence-electron chi connectivity index (χ1n) is 6.86. The van der Waals surface area contributed by atoms with E-state index in [0.29, 0.717) is 18.0 Å². The summed E-state index contributed by atoms with van der Waals surface area (Å²) in [6, 6.07) is 4.93. The molecule has 4 aromatic rings. The zero-order valence-electron chi connectivity index (χ0n) is 11.7. The van der Waals surface area contributed by atoms with Gasteiger partial charge in [0.2, 0.25) is 5.95 Å². The minimum Gasteiger partial charge on any atom is -0.492 e. The van der Waals surface area contributed by atoms with Crippen LogP contribution < -0.4 is 4.74 Å². The Balaban J connectivity index is 2.05. The van der Waals surface area contributed by atoms with Crippen LogP contribution in [0.1, 0.15) is 6.92 Å². The summed E-state index contributed by atoms with van der Waals surface area (Å²) in [6.07, 6.45) is 5.03. The van der Waals surface area contributed by atoms with Crippen LogP contribution in [0.5, 0.6) is 5.75 Å². The number of hydrogen-bond donors (Lipinski definition) is 1. The fraction of sp³-hybridized carbons (Fsp3) is 0.133. The van der Waals surface area contributed by atoms with Crippen molar-refractivity contribution in [3.05, 3.63) is 42.7 Å². The molecule has 0 saturated heterocycles. The molecule has 0 aliphatic carbocycles. The van der Waals surface area contributed by atoms with Crippen molar-refractivity contribution in [3.8, 4) is 16.9 Å². The summed E-state index contributed by atoms with van der Waals surface area (Å²) in [5, 5.41) is 12.2. The number of ether oxygens (including phenoxy) is 1. The highest BCUT2D eigenvalue weighted by Gasteiger charge is 2.15. The molecule has 4 heterocycles. The zero-order chi connectivity index (χ0) is 15.1. The van der Waals surface area contributed by atoms with E-state index < -0.39 is 5.95 Å². The molecular formula is C15H12FN5O. The van der Waals surface area contributed by atoms with E-state index in [0.717, 1.165) is 22.0 Å². The molecule has 0 aliphatic rings. The van der Waals surface area contributed by atoms with E-state index >= 15 is 0 Å². The van der Waals surface area contributed by atoms with Gasteiger partial charge in [-0.15, -0.1) is 5.10 Å². The second-order valence-corrected chi connectivity index (χ2v) is 4.82. The van der Waals surface area contributed by atoms with E-state index in [1.54, 1.807) is 16.8 Å². The molecule has 0 unspecified atom stereocenters. The highest BCUT2D eigenvalue weighted by molar-refractivity contribution is 6.00. The predicted octanol–water partition coefficient (Wildman–Crippen LogP) is 2.81. The topological polar surface area (TPSA) is 68.1 Å². The van der Waals surface area contributed by atoms with Gasteiger partial charge in [-0.25, -0.2) is 9.50 Å². The number of hydrogen-bond acceptors (Lipinski definition) is 4. The number of fused-ring (bicyclic) bond motifs is 3. The zero-order valence-corrected chi connectivity index (χ0v) is 11.7. The third kappa shape index (κ3) is 1.90. The maximum atomic E-state index is 13.1. The van der Waals surface area contributed by atoms with E-state index in [2.05, 4.69) is 20.3 Å². The minimum atomic E-state index is -0.511. The number of halogens is 1. The first-order valence-corrected chi connectivity index (χ1v) is 6.86. The molecule has 0 bridgehead atoms. The Bertz CT molecular complexity index is 957. The Kier molecular flexibility index (Phi) is 2.78. The van der Waals surface area contributed by atoms with Crippen molar-refractivity contribution < 1.29 is 9.13 Å². The average molecular weight is 297 g/mol. The van der Waals surface area contributed by atoms with E-state index in [1.807, 2.05) is 19.2 Å². The quantitative estimate of drug-likeness (QED) is 0.590. The third-order valence-electron chi connectivity index (χ3n) is 3.45. The van der Waals surface area contributed by atoms with Crippen molar-refractivity contribution in [1.29, 1.82) is 0 Å². The summed E-state index contributed by atoms with van der Waals surface area (Å²) in [4.78, 5) is 3.73. The van der Waals surface area contributed by atoms with Crippen LogP contribution in [0.15, 0.2) is 36.8 Å². The SMILES string of the molecule is CCOc1cc(-c2ccc(F)nc2)c2c3cn[nH]c3nn2c1. The van der Waals surface area contributed by atoms with Crippen LogP contribution >= 0.6 is 0 Å². The molecular weight excluding hydrogens is 285 g/mol. The molecule has 0 spiro atoms. The van der Waals surface area contributed by atoms with Crippen LogP contribution in [0.4, 0.5) is 4.39 Å². The third-order valence-corrected chi connectivity index (χ3v) is 3.45. The molecule has 0 fully saturated rings. The fourth-order valence-corrected chi connectivity index (χ4v) is 2.54. The molecule has 4 aromatic heterocycles. The van der Waals surface area contributed by atoms with Crippen molar-refractivity contribution in [2.24, 2.45) is 0 Å². The molecule has 6 nitrogen and oxygen atoms in total. The lowest BCUT2D eigenvalue weighted by molar-refractivity contribution is 0.338. The summed E-state index contributed by atoms with van der Waals surface area (Å²) in [5.41, 5.74) is 3.21. The molecule has 0 saturated carbocycles. The Hall–Kier alpha value is -2.96. The summed E-state index contributed by atoms with van der Waals surface area (Å²) in [6.45, 7) is 2.47. The van der Waals surface area contributed by atoms with Gasteiger partial charge in [-0.1, -0.05) is 0 Å². The average Bonchev–Trinajstić information content (AvgIpc) is 3.08. The summed E-state index contributed by atoms with van der Waals surface area (Å²) >= 11 is 0. The maximum absolute atomic E-state index is 13.1. The Morgan fingerprint density at radius 2 is 2.23 bits per heavy atom. The predicted molar refractivity (Wildman–Crippen MR) is 79.2 cm³/mol. The molecule has 4 rings (SSSR count). The van der Waals surface area contributed by atoms with Crippen molar-refractivity contribution in [2.45, 2.75) is 6.92 Å². The van der Waals surface area contributed by atoms with Crippen molar-refractivity contribution >= 4 is 16.6 Å². The normalized spacial score (nSPS) is 11.4. The van der Waals surface area contributed by atoms with Crippen molar-refractivity contribution in [1.82, 2.24) is 24.8 Å². The largest absolute Gasteiger partial charge is 0.492 e. The van der Waals surface area contributed by atoms with Gasteiger partial charge in [-0.05, 0) is 25.1 Å². The van der Waals surface area contributed by atoms with Gasteiger partial charge >= 0.3 is 0 Å². The van der Waals surface area contributed by atoms with Crippen LogP contribution in [0, 0.1) is 5.95 Å². The van der Waals surface area contributed by atoms with Crippen LogP contribution in [-0.2, 0) is 0 Å². The maximum Gasteiger partial charge on any atom is 0.212 e. The van der Waals surface area contributed by atoms with Crippen molar-refractivity contribution in [3.63, 3.8) is 0 Å². The molecule has 0 aromatic carbocycles. The summed E-state index contributed by atoms with van der Waals surface area (Å²) in [5.74, 6) is 0.176. The number of aromatic nitrogens is 5. The number of nitrogens with one attached hydrogen (secondary N) is 1. The van der Waals surface area contributed by atoms with E-state index in [-0.39, 0.29) is 0 Å². The molecule has 1 N–H and O–H groups in total. The second-order valence-electron chi connectivity index (χ2n) is 4.82. The number of H-pyrrole nitrogens is 1. The molecule has 7 heteroatoms. The highest BCUT2D eigenvalue weighted by Crippen LogP contribution is 2.32. The lowest BCUT2D eigenvalue weighted by Gasteiger charge is -2.09. The molecule has 110 valence electrons. The number of pyridine rings is 2. The number of rotatable bonds is 3. The van der Waals surface area contributed by atoms with Crippen LogP contribution in [0.2, 0.25) is 0 Å². The molecule has 0 atom stereocenters. The molecule has 22 heavy (non-hydrogen) atoms. The van der Waals surface area contributed by atoms with Gasteiger partial charge in [0, 0.05) is 17.3 Å². The van der Waals surface area contributed by atoms with Gasteiger partial charge in [-0.2, -0.15) is 9.49 Å². The second kappa shape index (κ2) is 4.80. The Labute approximate surface area is 124 Å². The van der Waals surface area contributed by atoms with Gasteiger partial charge in [-0.3, -0.25) is 5.10 Å². The Morgan fingerprint density at radius 3 is 3.00 bits per heavy atom. The standard InChI is InChI=1S/C15H12FN5O/c1-2-22-10-5-11(9-3-4-13(16)17-6-9)14-12-7-18-19-15(12)20-21(14)8-10/h3-8H,2H2,1H3,(H,19,20). The molecule has 0 amide bonds. The summed E-state index contributed by atoms with van der Waals surface area (Å²) in [7, 11) is 0. The van der Waals surface area contributed by atoms with E-state index in [9.17, 15) is 4.39 Å². The van der Waals surface area contributed by atoms with Gasteiger partial charge in [0.05, 0.1) is 29.9 Å². The van der Waals surface area contributed by atoms with Gasteiger partial charge in [0.25, 0.3) is 0 Å². The van der Waals surface area contributed by atoms with Gasteiger partial charge in [0.1, 0.15) is 5.75 Å². The fourth-order valence-electron chi connectivity index (χ4n) is 2.54. The van der Waals surface area contributed by atoms with E-state index in [1.165, 1.54) is 12.3 Å². The Morgan fingerprint density at radius 1 is 1.32 bits per heavy atom. The van der Waals surface area contributed by atoms with Crippen LogP contribution in [0.3, 0.4) is 0 Å². The first kappa shape index (κ1) is 12.8. The number of aromatic amines is 1. The lowest BCUT2D eigenvalue weighted by Crippen LogP contribution is -1.97. The minimum absolute atomic E-state index is 0.511. The molecule has 0 radical (unpaired) electrons. The van der Waals surface area contributed by atoms with Crippen LogP contribution in [-0.4, -0.2) is 31.4 Å². The van der Waals surface area contributed by atoms with Crippen molar-refractivity contribution in [2.75, 3.05) is 6.61 Å². The van der Waals surface area contributed by atoms with Crippen LogP contribution in [0.25, 0.3) is 27.7 Å². The van der Waals surface area contributed by atoms with Gasteiger partial charge in [0.15, 0.2) is 5.65 Å². The monoisotopic (exact) mass is 297 g/mol. The first-order chi connectivity index (χ1) is 10.8. The molecule has 0 aliphatic heterocycles. The summed E-state index contributed by atoms with van der Waals surface area (Å²) < 4.78 is 20.4. The lowest BCUT2D eigenvalue weighted by atomic mass is 10.1.